The van der Waals surface area contributed by atoms with Crippen LogP contribution >= 0.6 is 0 Å². The van der Waals surface area contributed by atoms with Crippen molar-refractivity contribution in [1.82, 2.24) is 0 Å². The van der Waals surface area contributed by atoms with E-state index < -0.39 is 30.7 Å². The third-order valence-corrected chi connectivity index (χ3v) is 3.08. The summed E-state index contributed by atoms with van der Waals surface area (Å²) in [6.45, 7) is 0. The molecule has 0 rings (SSSR count). The summed E-state index contributed by atoms with van der Waals surface area (Å²) in [5.41, 5.74) is 5.25. The molecule has 4 N–H and O–H groups in total. The number of alkyl halides is 3. The first-order chi connectivity index (χ1) is 9.74. The fraction of sp³-hybridized carbons (Fsp3) is 0.786. The lowest BCUT2D eigenvalue weighted by Crippen LogP contribution is -2.41. The molecular weight excluding hydrogens is 287 g/mol. The average Bonchev–Trinajstić information content (AvgIpc) is 2.38. The molecule has 7 heteroatoms. The number of carboxylic acid groups (broad SMARTS) is 1. The topological polar surface area (TPSA) is 83.6 Å². The Kier molecular flexibility index (Phi) is 10.1. The monoisotopic (exact) mass is 311 g/mol. The first-order valence-corrected chi connectivity index (χ1v) is 7.12. The summed E-state index contributed by atoms with van der Waals surface area (Å²) in [4.78, 5) is 10.5. The van der Waals surface area contributed by atoms with Crippen molar-refractivity contribution in [3.8, 4) is 0 Å². The normalized spacial score (nSPS) is 15.3. The number of carboxylic acids is 1. The Morgan fingerprint density at radius 1 is 1.10 bits per heavy atom. The van der Waals surface area contributed by atoms with Crippen LogP contribution in [0.2, 0.25) is 0 Å². The molecule has 0 fully saturated rings. The quantitative estimate of drug-likeness (QED) is 0.404. The van der Waals surface area contributed by atoms with Gasteiger partial charge in [0.1, 0.15) is 6.04 Å². The number of aliphatic carboxylic acids is 1. The van der Waals surface area contributed by atoms with E-state index in [4.69, 9.17) is 10.8 Å². The Bertz CT molecular complexity index is 319. The zero-order valence-corrected chi connectivity index (χ0v) is 12.0. The Hall–Kier alpha value is -1.08. The number of unbranched alkanes of at least 4 members (excludes halogenated alkanes) is 4. The maximum Gasteiger partial charge on any atom is 0.389 e. The van der Waals surface area contributed by atoms with Crippen molar-refractivity contribution in [2.75, 3.05) is 0 Å². The van der Waals surface area contributed by atoms with E-state index in [0.717, 1.165) is 19.3 Å². The Morgan fingerprint density at radius 2 is 1.67 bits per heavy atom. The van der Waals surface area contributed by atoms with Crippen LogP contribution in [-0.2, 0) is 4.79 Å². The molecule has 4 nitrogen and oxygen atoms in total. The summed E-state index contributed by atoms with van der Waals surface area (Å²) in [5.74, 6) is -1.23. The molecule has 0 heterocycles. The van der Waals surface area contributed by atoms with Gasteiger partial charge in [-0.2, -0.15) is 13.2 Å². The van der Waals surface area contributed by atoms with Crippen molar-refractivity contribution in [2.24, 2.45) is 5.73 Å². The lowest BCUT2D eigenvalue weighted by molar-refractivity contribution is -0.141. The van der Waals surface area contributed by atoms with Crippen molar-refractivity contribution >= 4 is 5.97 Å². The van der Waals surface area contributed by atoms with Gasteiger partial charge < -0.3 is 15.9 Å². The fourth-order valence-electron chi connectivity index (χ4n) is 1.79. The van der Waals surface area contributed by atoms with E-state index in [2.05, 4.69) is 0 Å². The molecule has 0 aromatic rings. The predicted octanol–water partition coefficient (Wildman–Crippen LogP) is 3.00. The summed E-state index contributed by atoms with van der Waals surface area (Å²) in [6.07, 6.45) is 1.76. The van der Waals surface area contributed by atoms with Crippen molar-refractivity contribution in [1.29, 1.82) is 0 Å². The standard InChI is InChI=1S/C14H24F3NO3/c15-14(16,17)10-8-6-4-2-1-3-5-7-9-11(19)12(18)13(20)21/h3,5,11-12,19H,1-2,4,6-10,18H2,(H,20,21)/b5-3+. The molecule has 21 heavy (non-hydrogen) atoms. The van der Waals surface area contributed by atoms with Gasteiger partial charge in [0.25, 0.3) is 0 Å². The van der Waals surface area contributed by atoms with Crippen LogP contribution in [0.3, 0.4) is 0 Å². The summed E-state index contributed by atoms with van der Waals surface area (Å²) < 4.78 is 35.6. The minimum atomic E-state index is -4.06. The number of nitrogens with two attached hydrogens (primary N) is 1. The van der Waals surface area contributed by atoms with Crippen LogP contribution in [0.4, 0.5) is 13.2 Å². The molecule has 0 radical (unpaired) electrons. The molecule has 0 aliphatic carbocycles. The number of carbonyl (C=O) groups is 1. The van der Waals surface area contributed by atoms with Gasteiger partial charge in [-0.1, -0.05) is 25.0 Å². The first kappa shape index (κ1) is 19.9. The largest absolute Gasteiger partial charge is 0.480 e. The second-order valence-corrected chi connectivity index (χ2v) is 5.05. The van der Waals surface area contributed by atoms with Crippen molar-refractivity contribution in [2.45, 2.75) is 69.7 Å². The Labute approximate surface area is 122 Å². The van der Waals surface area contributed by atoms with Crippen LogP contribution in [0.5, 0.6) is 0 Å². The zero-order chi connectivity index (χ0) is 16.3. The van der Waals surface area contributed by atoms with Crippen molar-refractivity contribution < 1.29 is 28.2 Å². The molecule has 0 bridgehead atoms. The number of halogens is 3. The summed E-state index contributed by atoms with van der Waals surface area (Å²) in [6, 6.07) is -1.27. The van der Waals surface area contributed by atoms with Gasteiger partial charge in [0.15, 0.2) is 0 Å². The summed E-state index contributed by atoms with van der Waals surface area (Å²) in [7, 11) is 0. The molecule has 0 saturated heterocycles. The minimum absolute atomic E-state index is 0.173. The fourth-order valence-corrected chi connectivity index (χ4v) is 1.79. The number of rotatable bonds is 11. The van der Waals surface area contributed by atoms with E-state index in [1.165, 1.54) is 0 Å². The molecule has 124 valence electrons. The molecular formula is C14H24F3NO3. The highest BCUT2D eigenvalue weighted by molar-refractivity contribution is 5.73. The lowest BCUT2D eigenvalue weighted by atomic mass is 10.1. The maximum atomic E-state index is 11.9. The van der Waals surface area contributed by atoms with Crippen LogP contribution < -0.4 is 5.73 Å². The second kappa shape index (κ2) is 10.6. The molecule has 0 amide bonds. The van der Waals surface area contributed by atoms with E-state index in [1.807, 2.05) is 12.2 Å². The van der Waals surface area contributed by atoms with E-state index >= 15 is 0 Å². The van der Waals surface area contributed by atoms with E-state index in [9.17, 15) is 23.1 Å². The van der Waals surface area contributed by atoms with Gasteiger partial charge in [-0.3, -0.25) is 4.79 Å². The number of aliphatic hydroxyl groups excluding tert-OH is 1. The van der Waals surface area contributed by atoms with Gasteiger partial charge >= 0.3 is 12.1 Å². The summed E-state index contributed by atoms with van der Waals surface area (Å²) in [5, 5.41) is 18.0. The zero-order valence-electron chi connectivity index (χ0n) is 12.0. The first-order valence-electron chi connectivity index (χ1n) is 7.12. The van der Waals surface area contributed by atoms with Crippen LogP contribution in [-0.4, -0.2) is 34.5 Å². The third-order valence-electron chi connectivity index (χ3n) is 3.08. The van der Waals surface area contributed by atoms with Gasteiger partial charge in [0.2, 0.25) is 0 Å². The smallest absolute Gasteiger partial charge is 0.389 e. The highest BCUT2D eigenvalue weighted by atomic mass is 19.4. The van der Waals surface area contributed by atoms with Crippen molar-refractivity contribution in [3.05, 3.63) is 12.2 Å². The van der Waals surface area contributed by atoms with Gasteiger partial charge in [-0.05, 0) is 32.1 Å². The second-order valence-electron chi connectivity index (χ2n) is 5.05. The van der Waals surface area contributed by atoms with Crippen molar-refractivity contribution in [3.63, 3.8) is 0 Å². The van der Waals surface area contributed by atoms with Crippen LogP contribution in [0.15, 0.2) is 12.2 Å². The molecule has 0 saturated carbocycles. The molecule has 0 aliphatic heterocycles. The van der Waals surface area contributed by atoms with Crippen LogP contribution in [0.25, 0.3) is 0 Å². The maximum absolute atomic E-state index is 11.9. The average molecular weight is 311 g/mol. The van der Waals surface area contributed by atoms with E-state index in [1.54, 1.807) is 0 Å². The predicted molar refractivity (Wildman–Crippen MR) is 73.7 cm³/mol. The van der Waals surface area contributed by atoms with Gasteiger partial charge in [-0.15, -0.1) is 0 Å². The van der Waals surface area contributed by atoms with Crippen LogP contribution in [0.1, 0.15) is 51.4 Å². The summed E-state index contributed by atoms with van der Waals surface area (Å²) >= 11 is 0. The molecule has 2 atom stereocenters. The highest BCUT2D eigenvalue weighted by Crippen LogP contribution is 2.23. The van der Waals surface area contributed by atoms with Gasteiger partial charge in [0, 0.05) is 6.42 Å². The van der Waals surface area contributed by atoms with Gasteiger partial charge in [0.05, 0.1) is 6.10 Å². The van der Waals surface area contributed by atoms with Crippen LogP contribution in [0, 0.1) is 0 Å². The third kappa shape index (κ3) is 12.4. The minimum Gasteiger partial charge on any atom is -0.480 e. The lowest BCUT2D eigenvalue weighted by Gasteiger charge is -2.13. The highest BCUT2D eigenvalue weighted by Gasteiger charge is 2.25. The number of hydrogen-bond acceptors (Lipinski definition) is 3. The van der Waals surface area contributed by atoms with E-state index in [0.29, 0.717) is 12.8 Å². The Balaban J connectivity index is 3.47. The SMILES string of the molecule is NC(C(=O)O)C(O)CC/C=C/CCCCCCC(F)(F)F. The molecule has 0 aromatic heterocycles. The number of aliphatic hydroxyl groups is 1. The van der Waals surface area contributed by atoms with Gasteiger partial charge in [-0.25, -0.2) is 0 Å². The Morgan fingerprint density at radius 3 is 2.24 bits per heavy atom. The molecule has 0 spiro atoms. The van der Waals surface area contributed by atoms with E-state index in [-0.39, 0.29) is 12.8 Å². The number of allylic oxidation sites excluding steroid dienone is 2. The molecule has 2 unspecified atom stereocenters. The number of hydrogen-bond donors (Lipinski definition) is 3. The molecule has 0 aliphatic rings. The molecule has 0 aromatic carbocycles.